The lowest BCUT2D eigenvalue weighted by molar-refractivity contribution is 0.916. The first-order valence-electron chi connectivity index (χ1n) is 5.50. The SMILES string of the molecule is Cc1nc(C2CC2)n2ccc(C(=N)N)cc12. The van der Waals surface area contributed by atoms with Gasteiger partial charge in [-0.3, -0.25) is 5.41 Å². The number of amidine groups is 1. The first-order valence-corrected chi connectivity index (χ1v) is 5.50. The average molecular weight is 214 g/mol. The highest BCUT2D eigenvalue weighted by molar-refractivity contribution is 5.96. The van der Waals surface area contributed by atoms with Crippen molar-refractivity contribution in [3.8, 4) is 0 Å². The third-order valence-electron chi connectivity index (χ3n) is 3.11. The van der Waals surface area contributed by atoms with Gasteiger partial charge in [-0.25, -0.2) is 4.98 Å². The maximum atomic E-state index is 7.43. The lowest BCUT2D eigenvalue weighted by atomic mass is 10.2. The van der Waals surface area contributed by atoms with Gasteiger partial charge in [-0.05, 0) is 31.9 Å². The first kappa shape index (κ1) is 9.39. The molecule has 1 saturated carbocycles. The Morgan fingerprint density at radius 1 is 1.56 bits per heavy atom. The van der Waals surface area contributed by atoms with E-state index < -0.39 is 0 Å². The van der Waals surface area contributed by atoms with Crippen LogP contribution in [-0.2, 0) is 0 Å². The molecule has 2 aromatic rings. The van der Waals surface area contributed by atoms with Crippen LogP contribution in [0.1, 0.15) is 35.8 Å². The molecule has 3 rings (SSSR count). The van der Waals surface area contributed by atoms with Crippen molar-refractivity contribution in [3.63, 3.8) is 0 Å². The van der Waals surface area contributed by atoms with Crippen LogP contribution in [-0.4, -0.2) is 15.2 Å². The summed E-state index contributed by atoms with van der Waals surface area (Å²) in [5.41, 5.74) is 8.33. The minimum atomic E-state index is 0.107. The molecule has 0 atom stereocenters. The summed E-state index contributed by atoms with van der Waals surface area (Å²) in [6, 6.07) is 3.82. The molecule has 0 unspecified atom stereocenters. The van der Waals surface area contributed by atoms with E-state index in [1.165, 1.54) is 12.8 Å². The van der Waals surface area contributed by atoms with Crippen LogP contribution in [0.2, 0.25) is 0 Å². The van der Waals surface area contributed by atoms with E-state index in [2.05, 4.69) is 9.38 Å². The highest BCUT2D eigenvalue weighted by Crippen LogP contribution is 2.39. The third-order valence-corrected chi connectivity index (χ3v) is 3.11. The Hall–Kier alpha value is -1.84. The second-order valence-corrected chi connectivity index (χ2v) is 4.41. The summed E-state index contributed by atoms with van der Waals surface area (Å²) in [6.07, 6.45) is 4.46. The lowest BCUT2D eigenvalue weighted by Gasteiger charge is -2.02. The molecule has 0 saturated heterocycles. The van der Waals surface area contributed by atoms with Crippen LogP contribution < -0.4 is 5.73 Å². The molecule has 0 bridgehead atoms. The number of nitrogen functional groups attached to an aromatic ring is 1. The standard InChI is InChI=1S/C12H14N4/c1-7-10-6-9(11(13)14)4-5-16(10)12(15-7)8-2-3-8/h4-6,8H,2-3H2,1H3,(H3,13,14). The number of imidazole rings is 1. The van der Waals surface area contributed by atoms with Gasteiger partial charge in [-0.2, -0.15) is 0 Å². The Balaban J connectivity index is 2.24. The topological polar surface area (TPSA) is 67.2 Å². The van der Waals surface area contributed by atoms with Crippen LogP contribution in [0.3, 0.4) is 0 Å². The van der Waals surface area contributed by atoms with Gasteiger partial charge in [0.1, 0.15) is 11.7 Å². The van der Waals surface area contributed by atoms with Crippen LogP contribution in [0.25, 0.3) is 5.52 Å². The maximum Gasteiger partial charge on any atom is 0.122 e. The molecule has 4 nitrogen and oxygen atoms in total. The van der Waals surface area contributed by atoms with E-state index in [1.807, 2.05) is 25.3 Å². The quantitative estimate of drug-likeness (QED) is 0.591. The number of pyridine rings is 1. The Morgan fingerprint density at radius 3 is 2.94 bits per heavy atom. The lowest BCUT2D eigenvalue weighted by Crippen LogP contribution is -2.11. The van der Waals surface area contributed by atoms with Crippen LogP contribution in [0.15, 0.2) is 18.3 Å². The summed E-state index contributed by atoms with van der Waals surface area (Å²) in [7, 11) is 0. The van der Waals surface area contributed by atoms with Gasteiger partial charge < -0.3 is 10.1 Å². The number of nitrogens with zero attached hydrogens (tertiary/aromatic N) is 2. The highest BCUT2D eigenvalue weighted by atomic mass is 15.0. The third kappa shape index (κ3) is 1.30. The van der Waals surface area contributed by atoms with E-state index >= 15 is 0 Å². The fourth-order valence-electron chi connectivity index (χ4n) is 2.06. The number of hydrogen-bond acceptors (Lipinski definition) is 2. The van der Waals surface area contributed by atoms with Gasteiger partial charge in [0.15, 0.2) is 0 Å². The Labute approximate surface area is 93.6 Å². The molecule has 2 aromatic heterocycles. The van der Waals surface area contributed by atoms with Crippen LogP contribution in [0, 0.1) is 12.3 Å². The van der Waals surface area contributed by atoms with Gasteiger partial charge in [-0.1, -0.05) is 0 Å². The normalized spacial score (nSPS) is 15.6. The summed E-state index contributed by atoms with van der Waals surface area (Å²) in [4.78, 5) is 4.60. The minimum Gasteiger partial charge on any atom is -0.384 e. The second-order valence-electron chi connectivity index (χ2n) is 4.41. The minimum absolute atomic E-state index is 0.107. The summed E-state index contributed by atoms with van der Waals surface area (Å²) >= 11 is 0. The number of nitrogens with two attached hydrogens (primary N) is 1. The molecular formula is C12H14N4. The van der Waals surface area contributed by atoms with Crippen LogP contribution in [0.4, 0.5) is 0 Å². The zero-order chi connectivity index (χ0) is 11.3. The predicted octanol–water partition coefficient (Wildman–Crippen LogP) is 1.80. The molecule has 4 heteroatoms. The van der Waals surface area contributed by atoms with E-state index in [4.69, 9.17) is 11.1 Å². The van der Waals surface area contributed by atoms with Crippen molar-refractivity contribution < 1.29 is 0 Å². The van der Waals surface area contributed by atoms with Crippen molar-refractivity contribution in [2.24, 2.45) is 5.73 Å². The van der Waals surface area contributed by atoms with Crippen molar-refractivity contribution in [2.45, 2.75) is 25.7 Å². The molecule has 0 aliphatic heterocycles. The molecule has 0 radical (unpaired) electrons. The zero-order valence-corrected chi connectivity index (χ0v) is 9.20. The van der Waals surface area contributed by atoms with Crippen molar-refractivity contribution in [3.05, 3.63) is 35.4 Å². The van der Waals surface area contributed by atoms with Gasteiger partial charge in [0, 0.05) is 17.7 Å². The van der Waals surface area contributed by atoms with E-state index in [0.29, 0.717) is 5.92 Å². The van der Waals surface area contributed by atoms with Crippen LogP contribution >= 0.6 is 0 Å². The monoisotopic (exact) mass is 214 g/mol. The molecule has 1 aliphatic rings. The first-order chi connectivity index (χ1) is 7.66. The summed E-state index contributed by atoms with van der Waals surface area (Å²) in [5, 5.41) is 7.43. The maximum absolute atomic E-state index is 7.43. The van der Waals surface area contributed by atoms with Crippen molar-refractivity contribution in [1.29, 1.82) is 5.41 Å². The summed E-state index contributed by atoms with van der Waals surface area (Å²) in [6.45, 7) is 2.01. The van der Waals surface area contributed by atoms with Crippen LogP contribution in [0.5, 0.6) is 0 Å². The van der Waals surface area contributed by atoms with Gasteiger partial charge in [0.25, 0.3) is 0 Å². The number of aryl methyl sites for hydroxylation is 1. The molecule has 16 heavy (non-hydrogen) atoms. The molecule has 0 spiro atoms. The van der Waals surface area contributed by atoms with E-state index in [9.17, 15) is 0 Å². The summed E-state index contributed by atoms with van der Waals surface area (Å²) in [5.74, 6) is 1.89. The largest absolute Gasteiger partial charge is 0.384 e. The molecule has 1 aliphatic carbocycles. The molecule has 2 heterocycles. The number of rotatable bonds is 2. The number of aromatic nitrogens is 2. The number of hydrogen-bond donors (Lipinski definition) is 2. The Kier molecular flexibility index (Phi) is 1.80. The molecule has 0 amide bonds. The second kappa shape index (κ2) is 3.07. The number of fused-ring (bicyclic) bond motifs is 1. The molecule has 1 fully saturated rings. The smallest absolute Gasteiger partial charge is 0.122 e. The van der Waals surface area contributed by atoms with E-state index in [0.717, 1.165) is 22.6 Å². The number of nitrogens with one attached hydrogen (secondary N) is 1. The molecule has 3 N–H and O–H groups in total. The Bertz CT molecular complexity index is 578. The fourth-order valence-corrected chi connectivity index (χ4v) is 2.06. The average Bonchev–Trinajstić information content (AvgIpc) is 3.04. The molecule has 0 aromatic carbocycles. The summed E-state index contributed by atoms with van der Waals surface area (Å²) < 4.78 is 2.12. The van der Waals surface area contributed by atoms with Gasteiger partial charge in [0.05, 0.1) is 11.2 Å². The zero-order valence-electron chi connectivity index (χ0n) is 9.20. The van der Waals surface area contributed by atoms with E-state index in [-0.39, 0.29) is 5.84 Å². The molecular weight excluding hydrogens is 200 g/mol. The molecule has 82 valence electrons. The van der Waals surface area contributed by atoms with E-state index in [1.54, 1.807) is 0 Å². The van der Waals surface area contributed by atoms with Gasteiger partial charge >= 0.3 is 0 Å². The Morgan fingerprint density at radius 2 is 2.31 bits per heavy atom. The van der Waals surface area contributed by atoms with Gasteiger partial charge in [0.2, 0.25) is 0 Å². The fraction of sp³-hybridized carbons (Fsp3) is 0.333. The highest BCUT2D eigenvalue weighted by Gasteiger charge is 2.28. The van der Waals surface area contributed by atoms with Gasteiger partial charge in [-0.15, -0.1) is 0 Å². The predicted molar refractivity (Wildman–Crippen MR) is 62.9 cm³/mol. The van der Waals surface area contributed by atoms with Crippen molar-refractivity contribution >= 4 is 11.4 Å². The van der Waals surface area contributed by atoms with Crippen molar-refractivity contribution in [1.82, 2.24) is 9.38 Å². The van der Waals surface area contributed by atoms with Crippen molar-refractivity contribution in [2.75, 3.05) is 0 Å².